The predicted molar refractivity (Wildman–Crippen MR) is 62.8 cm³/mol. The van der Waals surface area contributed by atoms with Crippen molar-refractivity contribution >= 4 is 23.2 Å². The first-order valence-corrected chi connectivity index (χ1v) is 5.04. The molecule has 1 rings (SSSR count). The average molecular weight is 239 g/mol. The number of pyridine rings is 1. The van der Waals surface area contributed by atoms with Crippen LogP contribution >= 0.6 is 11.6 Å². The Balaban J connectivity index is 3.21. The van der Waals surface area contributed by atoms with Gasteiger partial charge < -0.3 is 10.1 Å². The molecule has 0 atom stereocenters. The number of amides is 1. The molecule has 0 spiro atoms. The van der Waals surface area contributed by atoms with Gasteiger partial charge in [0.25, 0.3) is 0 Å². The van der Waals surface area contributed by atoms with Crippen LogP contribution in [0.15, 0.2) is 6.07 Å². The third-order valence-corrected chi connectivity index (χ3v) is 2.09. The molecule has 1 N–H and O–H groups in total. The number of terminal acetylenes is 1. The van der Waals surface area contributed by atoms with Gasteiger partial charge in [0.05, 0.1) is 12.8 Å². The number of carbonyl (C=O) groups is 1. The van der Waals surface area contributed by atoms with Gasteiger partial charge >= 0.3 is 0 Å². The summed E-state index contributed by atoms with van der Waals surface area (Å²) in [4.78, 5) is 15.3. The molecule has 84 valence electrons. The van der Waals surface area contributed by atoms with Crippen molar-refractivity contribution in [1.29, 1.82) is 0 Å². The quantitative estimate of drug-likeness (QED) is 0.642. The molecule has 1 amide bonds. The van der Waals surface area contributed by atoms with Gasteiger partial charge in [-0.2, -0.15) is 0 Å². The minimum Gasteiger partial charge on any atom is -0.480 e. The van der Waals surface area contributed by atoms with E-state index in [0.29, 0.717) is 22.8 Å². The Hall–Kier alpha value is -1.73. The van der Waals surface area contributed by atoms with Crippen LogP contribution in [0.25, 0.3) is 0 Å². The van der Waals surface area contributed by atoms with E-state index in [0.717, 1.165) is 0 Å². The van der Waals surface area contributed by atoms with Crippen molar-refractivity contribution in [2.45, 2.75) is 6.92 Å². The molecule has 16 heavy (non-hydrogen) atoms. The Bertz CT molecular complexity index is 452. The van der Waals surface area contributed by atoms with Crippen molar-refractivity contribution in [1.82, 2.24) is 4.98 Å². The summed E-state index contributed by atoms with van der Waals surface area (Å²) in [5.74, 6) is 2.28. The lowest BCUT2D eigenvalue weighted by Crippen LogP contribution is -2.14. The van der Waals surface area contributed by atoms with Gasteiger partial charge in [0, 0.05) is 5.69 Å². The Morgan fingerprint density at radius 1 is 1.75 bits per heavy atom. The highest BCUT2D eigenvalue weighted by molar-refractivity contribution is 6.29. The number of hydrogen-bond donors (Lipinski definition) is 1. The van der Waals surface area contributed by atoms with Gasteiger partial charge in [-0.25, -0.2) is 4.98 Å². The third kappa shape index (κ3) is 2.65. The van der Waals surface area contributed by atoms with Gasteiger partial charge in [0.1, 0.15) is 11.4 Å². The van der Waals surface area contributed by atoms with Crippen LogP contribution in [0.4, 0.5) is 5.69 Å². The number of methoxy groups -OCH3 is 1. The van der Waals surface area contributed by atoms with Gasteiger partial charge in [-0.1, -0.05) is 5.92 Å². The molecule has 0 aliphatic rings. The average Bonchev–Trinajstić information content (AvgIpc) is 2.28. The van der Waals surface area contributed by atoms with Crippen LogP contribution in [0.1, 0.15) is 11.3 Å². The van der Waals surface area contributed by atoms with Crippen LogP contribution in [0.3, 0.4) is 0 Å². The zero-order valence-corrected chi connectivity index (χ0v) is 9.76. The predicted octanol–water partition coefficient (Wildman–Crippen LogP) is 1.56. The summed E-state index contributed by atoms with van der Waals surface area (Å²) >= 11 is 5.40. The molecule has 0 saturated carbocycles. The first-order chi connectivity index (χ1) is 7.62. The maximum atomic E-state index is 11.2. The number of aromatic nitrogens is 1. The lowest BCUT2D eigenvalue weighted by atomic mass is 10.2. The molecule has 0 aromatic carbocycles. The van der Waals surface area contributed by atoms with Crippen LogP contribution in [-0.4, -0.2) is 23.9 Å². The van der Waals surface area contributed by atoms with Crippen molar-refractivity contribution in [2.24, 2.45) is 0 Å². The third-order valence-electron chi connectivity index (χ3n) is 1.85. The Kier molecular flexibility index (Phi) is 4.15. The molecule has 5 heteroatoms. The fourth-order valence-electron chi connectivity index (χ4n) is 1.21. The summed E-state index contributed by atoms with van der Waals surface area (Å²) in [5, 5.41) is 2.59. The second kappa shape index (κ2) is 5.38. The van der Waals surface area contributed by atoms with Gasteiger partial charge in [0.2, 0.25) is 11.8 Å². The summed E-state index contributed by atoms with van der Waals surface area (Å²) in [5.41, 5.74) is 1.59. The zero-order valence-electron chi connectivity index (χ0n) is 9.00. The maximum Gasteiger partial charge on any atom is 0.239 e. The summed E-state index contributed by atoms with van der Waals surface area (Å²) in [6, 6.07) is 1.67. The molecule has 1 heterocycles. The second-order valence-corrected chi connectivity index (χ2v) is 3.29. The number of anilines is 1. The molecule has 0 radical (unpaired) electrons. The van der Waals surface area contributed by atoms with Crippen molar-refractivity contribution < 1.29 is 9.53 Å². The van der Waals surface area contributed by atoms with Crippen molar-refractivity contribution in [3.63, 3.8) is 0 Å². The molecule has 1 aromatic heterocycles. The number of carbonyl (C=O) groups excluding carboxylic acids is 1. The van der Waals surface area contributed by atoms with E-state index in [1.807, 2.05) is 0 Å². The normalized spacial score (nSPS) is 9.38. The number of aryl methyl sites for hydroxylation is 1. The summed E-state index contributed by atoms with van der Waals surface area (Å²) in [6.07, 6.45) is 5.34. The van der Waals surface area contributed by atoms with E-state index in [4.69, 9.17) is 22.8 Å². The highest BCUT2D eigenvalue weighted by Crippen LogP contribution is 2.24. The van der Waals surface area contributed by atoms with Gasteiger partial charge in [-0.05, 0) is 13.0 Å². The van der Waals surface area contributed by atoms with E-state index in [-0.39, 0.29) is 11.8 Å². The van der Waals surface area contributed by atoms with E-state index in [2.05, 4.69) is 16.2 Å². The first-order valence-electron chi connectivity index (χ1n) is 4.50. The molecule has 4 nitrogen and oxygen atoms in total. The SMILES string of the molecule is C#Cc1c(NC(=O)CCl)cc(C)nc1OC. The number of nitrogens with zero attached hydrogens (tertiary/aromatic N) is 1. The standard InChI is InChI=1S/C11H11ClN2O2/c1-4-8-9(14-10(15)6-12)5-7(2)13-11(8)16-3/h1,5H,6H2,2-3H3,(H,13,14,15). The minimum atomic E-state index is -0.328. The number of hydrogen-bond acceptors (Lipinski definition) is 3. The fraction of sp³-hybridized carbons (Fsp3) is 0.273. The summed E-state index contributed by atoms with van der Waals surface area (Å²) in [7, 11) is 1.47. The Morgan fingerprint density at radius 3 is 2.94 bits per heavy atom. The molecular formula is C11H11ClN2O2. The van der Waals surface area contributed by atoms with E-state index in [9.17, 15) is 4.79 Å². The molecule has 0 bridgehead atoms. The van der Waals surface area contributed by atoms with Gasteiger partial charge in [-0.15, -0.1) is 18.0 Å². The number of nitrogens with one attached hydrogen (secondary N) is 1. The van der Waals surface area contributed by atoms with Crippen molar-refractivity contribution in [2.75, 3.05) is 18.3 Å². The summed E-state index contributed by atoms with van der Waals surface area (Å²) in [6.45, 7) is 1.78. The van der Waals surface area contributed by atoms with Gasteiger partial charge in [0.15, 0.2) is 0 Å². The monoisotopic (exact) mass is 238 g/mol. The smallest absolute Gasteiger partial charge is 0.239 e. The number of rotatable bonds is 3. The molecule has 0 aliphatic carbocycles. The van der Waals surface area contributed by atoms with Crippen molar-refractivity contribution in [3.8, 4) is 18.2 Å². The largest absolute Gasteiger partial charge is 0.480 e. The minimum absolute atomic E-state index is 0.131. The van der Waals surface area contributed by atoms with Crippen LogP contribution in [-0.2, 0) is 4.79 Å². The maximum absolute atomic E-state index is 11.2. The van der Waals surface area contributed by atoms with E-state index >= 15 is 0 Å². The summed E-state index contributed by atoms with van der Waals surface area (Å²) < 4.78 is 5.04. The fourth-order valence-corrected chi connectivity index (χ4v) is 1.28. The lowest BCUT2D eigenvalue weighted by molar-refractivity contribution is -0.113. The molecule has 0 fully saturated rings. The topological polar surface area (TPSA) is 51.2 Å². The Morgan fingerprint density at radius 2 is 2.44 bits per heavy atom. The lowest BCUT2D eigenvalue weighted by Gasteiger charge is -2.10. The number of halogens is 1. The van der Waals surface area contributed by atoms with Crippen LogP contribution in [0, 0.1) is 19.3 Å². The second-order valence-electron chi connectivity index (χ2n) is 3.02. The van der Waals surface area contributed by atoms with E-state index in [1.165, 1.54) is 7.11 Å². The van der Waals surface area contributed by atoms with Crippen LogP contribution in [0.2, 0.25) is 0 Å². The number of ether oxygens (including phenoxy) is 1. The highest BCUT2D eigenvalue weighted by Gasteiger charge is 2.12. The Labute approximate surface area is 99.0 Å². The molecular weight excluding hydrogens is 228 g/mol. The van der Waals surface area contributed by atoms with Gasteiger partial charge in [-0.3, -0.25) is 4.79 Å². The molecule has 0 unspecified atom stereocenters. The number of alkyl halides is 1. The molecule has 1 aromatic rings. The molecule has 0 saturated heterocycles. The van der Waals surface area contributed by atoms with E-state index in [1.54, 1.807) is 13.0 Å². The van der Waals surface area contributed by atoms with Crippen LogP contribution < -0.4 is 10.1 Å². The zero-order chi connectivity index (χ0) is 12.1. The highest BCUT2D eigenvalue weighted by atomic mass is 35.5. The van der Waals surface area contributed by atoms with Crippen LogP contribution in [0.5, 0.6) is 5.88 Å². The van der Waals surface area contributed by atoms with Crippen molar-refractivity contribution in [3.05, 3.63) is 17.3 Å². The first kappa shape index (κ1) is 12.3. The molecule has 0 aliphatic heterocycles. The van der Waals surface area contributed by atoms with E-state index < -0.39 is 0 Å².